The third kappa shape index (κ3) is 3.60. The highest BCUT2D eigenvalue weighted by atomic mass is 16.5. The lowest BCUT2D eigenvalue weighted by Gasteiger charge is -2.11. The van der Waals surface area contributed by atoms with Crippen LogP contribution in [0.15, 0.2) is 35.6 Å². The molecule has 106 valence electrons. The maximum Gasteiger partial charge on any atom is 0.121 e. The molecule has 0 aliphatic carbocycles. The number of nitrogens with zero attached hydrogens (tertiary/aromatic N) is 2. The molecule has 0 fully saturated rings. The molecular weight excluding hydrogens is 254 g/mol. The first kappa shape index (κ1) is 14.1. The van der Waals surface area contributed by atoms with Crippen LogP contribution in [-0.4, -0.2) is 30.1 Å². The maximum absolute atomic E-state index is 8.31. The van der Waals surface area contributed by atoms with E-state index in [0.717, 1.165) is 48.1 Å². The molecule has 2 rings (SSSR count). The maximum atomic E-state index is 8.31. The number of methoxy groups -OCH3 is 1. The Morgan fingerprint density at radius 3 is 3.10 bits per heavy atom. The molecule has 0 amide bonds. The highest BCUT2D eigenvalue weighted by molar-refractivity contribution is 5.91. The number of aromatic nitrogens is 1. The minimum atomic E-state index is 0.787. The van der Waals surface area contributed by atoms with Gasteiger partial charge in [-0.15, -0.1) is 5.16 Å². The number of fused-ring (bicyclic) bond motifs is 1. The molecule has 2 N–H and O–H groups in total. The molecule has 0 saturated carbocycles. The van der Waals surface area contributed by atoms with Gasteiger partial charge in [0, 0.05) is 30.4 Å². The van der Waals surface area contributed by atoms with Gasteiger partial charge in [0.2, 0.25) is 0 Å². The van der Waals surface area contributed by atoms with Gasteiger partial charge >= 0.3 is 0 Å². The van der Waals surface area contributed by atoms with Crippen LogP contribution in [0.3, 0.4) is 0 Å². The van der Waals surface area contributed by atoms with Gasteiger partial charge in [0.1, 0.15) is 5.75 Å². The number of rotatable bonds is 7. The summed E-state index contributed by atoms with van der Waals surface area (Å²) >= 11 is 0. The Bertz CT molecular complexity index is 584. The van der Waals surface area contributed by atoms with Gasteiger partial charge in [-0.3, -0.25) is 4.98 Å². The molecule has 5 nitrogen and oxygen atoms in total. The fraction of sp³-hybridized carbons (Fsp3) is 0.333. The first-order chi connectivity index (χ1) is 9.85. The van der Waals surface area contributed by atoms with Crippen molar-refractivity contribution in [3.8, 4) is 5.75 Å². The molecule has 1 heterocycles. The van der Waals surface area contributed by atoms with Crippen molar-refractivity contribution in [1.82, 2.24) is 4.98 Å². The normalized spacial score (nSPS) is 11.1. The third-order valence-corrected chi connectivity index (χ3v) is 3.07. The molecule has 2 aromatic rings. The summed E-state index contributed by atoms with van der Waals surface area (Å²) in [6.07, 6.45) is 6.07. The van der Waals surface area contributed by atoms with Crippen molar-refractivity contribution < 1.29 is 9.94 Å². The van der Waals surface area contributed by atoms with Gasteiger partial charge in [0.05, 0.1) is 18.3 Å². The van der Waals surface area contributed by atoms with Crippen molar-refractivity contribution in [3.05, 3.63) is 30.5 Å². The summed E-state index contributed by atoms with van der Waals surface area (Å²) in [5, 5.41) is 15.7. The Morgan fingerprint density at radius 1 is 1.40 bits per heavy atom. The predicted molar refractivity (Wildman–Crippen MR) is 80.9 cm³/mol. The fourth-order valence-corrected chi connectivity index (χ4v) is 2.06. The summed E-state index contributed by atoms with van der Waals surface area (Å²) in [6.45, 7) is 0.845. The highest BCUT2D eigenvalue weighted by Crippen LogP contribution is 2.27. The van der Waals surface area contributed by atoms with E-state index in [1.165, 1.54) is 6.21 Å². The number of oxime groups is 1. The van der Waals surface area contributed by atoms with E-state index in [-0.39, 0.29) is 0 Å². The molecule has 0 saturated heterocycles. The lowest BCUT2D eigenvalue weighted by atomic mass is 10.1. The van der Waals surface area contributed by atoms with Gasteiger partial charge < -0.3 is 15.3 Å². The summed E-state index contributed by atoms with van der Waals surface area (Å²) in [7, 11) is 1.66. The first-order valence-electron chi connectivity index (χ1n) is 6.67. The van der Waals surface area contributed by atoms with E-state index in [0.29, 0.717) is 0 Å². The zero-order chi connectivity index (χ0) is 14.2. The van der Waals surface area contributed by atoms with E-state index in [1.54, 1.807) is 13.3 Å². The number of benzene rings is 1. The smallest absolute Gasteiger partial charge is 0.121 e. The number of pyridine rings is 1. The van der Waals surface area contributed by atoms with Crippen molar-refractivity contribution in [3.63, 3.8) is 0 Å². The summed E-state index contributed by atoms with van der Waals surface area (Å²) in [6, 6.07) is 7.88. The topological polar surface area (TPSA) is 66.7 Å². The molecule has 5 heteroatoms. The molecule has 0 spiro atoms. The number of anilines is 1. The lowest BCUT2D eigenvalue weighted by Crippen LogP contribution is -2.03. The van der Waals surface area contributed by atoms with E-state index < -0.39 is 0 Å². The summed E-state index contributed by atoms with van der Waals surface area (Å²) in [5.41, 5.74) is 1.93. The fourth-order valence-electron chi connectivity index (χ4n) is 2.06. The Labute approximate surface area is 118 Å². The van der Waals surface area contributed by atoms with Gasteiger partial charge in [-0.05, 0) is 31.4 Å². The standard InChI is InChI=1S/C15H19N3O2/c1-20-13-10-12-6-5-8-17-15(12)14(11-13)16-7-3-2-4-9-18-19/h5-6,8-11,16,19H,2-4,7H2,1H3/b18-9+. The molecule has 0 bridgehead atoms. The average molecular weight is 273 g/mol. The van der Waals surface area contributed by atoms with Crippen LogP contribution in [0.5, 0.6) is 5.75 Å². The minimum Gasteiger partial charge on any atom is -0.497 e. The number of unbranched alkanes of at least 4 members (excludes halogenated alkanes) is 2. The van der Waals surface area contributed by atoms with Crippen molar-refractivity contribution in [2.24, 2.45) is 5.16 Å². The average Bonchev–Trinajstić information content (AvgIpc) is 2.50. The number of hydrogen-bond acceptors (Lipinski definition) is 5. The zero-order valence-corrected chi connectivity index (χ0v) is 11.5. The third-order valence-electron chi connectivity index (χ3n) is 3.07. The number of hydrogen-bond donors (Lipinski definition) is 2. The molecule has 1 aromatic heterocycles. The molecular formula is C15H19N3O2. The van der Waals surface area contributed by atoms with E-state index in [9.17, 15) is 0 Å². The van der Waals surface area contributed by atoms with Crippen molar-refractivity contribution in [2.45, 2.75) is 19.3 Å². The predicted octanol–water partition coefficient (Wildman–Crippen LogP) is 3.29. The van der Waals surface area contributed by atoms with Gasteiger partial charge in [-0.25, -0.2) is 0 Å². The second-order valence-corrected chi connectivity index (χ2v) is 4.47. The Hall–Kier alpha value is -2.30. The van der Waals surface area contributed by atoms with E-state index >= 15 is 0 Å². The monoisotopic (exact) mass is 273 g/mol. The van der Waals surface area contributed by atoms with Crippen molar-refractivity contribution in [1.29, 1.82) is 0 Å². The van der Waals surface area contributed by atoms with E-state index in [2.05, 4.69) is 15.5 Å². The Kier molecular flexibility index (Phi) is 5.17. The SMILES string of the molecule is COc1cc(NCCCC/C=N/O)c2ncccc2c1. The number of ether oxygens (including phenoxy) is 1. The van der Waals surface area contributed by atoms with Crippen LogP contribution in [0.25, 0.3) is 10.9 Å². The molecule has 1 aromatic carbocycles. The second kappa shape index (κ2) is 7.33. The molecule has 0 aliphatic rings. The first-order valence-corrected chi connectivity index (χ1v) is 6.67. The van der Waals surface area contributed by atoms with Gasteiger partial charge in [0.15, 0.2) is 0 Å². The van der Waals surface area contributed by atoms with Crippen LogP contribution < -0.4 is 10.1 Å². The quantitative estimate of drug-likeness (QED) is 0.351. The zero-order valence-electron chi connectivity index (χ0n) is 11.5. The number of nitrogens with one attached hydrogen (secondary N) is 1. The van der Waals surface area contributed by atoms with Crippen LogP contribution in [0.2, 0.25) is 0 Å². The van der Waals surface area contributed by atoms with Crippen LogP contribution in [0.1, 0.15) is 19.3 Å². The Morgan fingerprint density at radius 2 is 2.30 bits per heavy atom. The second-order valence-electron chi connectivity index (χ2n) is 4.47. The van der Waals surface area contributed by atoms with Gasteiger partial charge in [-0.2, -0.15) is 0 Å². The summed E-state index contributed by atoms with van der Waals surface area (Å²) in [5.74, 6) is 0.820. The van der Waals surface area contributed by atoms with E-state index in [4.69, 9.17) is 9.94 Å². The van der Waals surface area contributed by atoms with Crippen LogP contribution in [0.4, 0.5) is 5.69 Å². The van der Waals surface area contributed by atoms with Crippen LogP contribution in [0, 0.1) is 0 Å². The minimum absolute atomic E-state index is 0.787. The van der Waals surface area contributed by atoms with Crippen LogP contribution in [-0.2, 0) is 0 Å². The highest BCUT2D eigenvalue weighted by Gasteiger charge is 2.04. The van der Waals surface area contributed by atoms with Crippen LogP contribution >= 0.6 is 0 Å². The van der Waals surface area contributed by atoms with Gasteiger partial charge in [-0.1, -0.05) is 6.07 Å². The molecule has 0 aliphatic heterocycles. The van der Waals surface area contributed by atoms with Crippen molar-refractivity contribution in [2.75, 3.05) is 19.0 Å². The van der Waals surface area contributed by atoms with E-state index in [1.807, 2.05) is 24.3 Å². The Balaban J connectivity index is 2.04. The van der Waals surface area contributed by atoms with Gasteiger partial charge in [0.25, 0.3) is 0 Å². The largest absolute Gasteiger partial charge is 0.497 e. The summed E-state index contributed by atoms with van der Waals surface area (Å²) in [4.78, 5) is 4.41. The molecule has 0 unspecified atom stereocenters. The molecule has 20 heavy (non-hydrogen) atoms. The summed E-state index contributed by atoms with van der Waals surface area (Å²) < 4.78 is 5.31. The van der Waals surface area contributed by atoms with Crippen molar-refractivity contribution >= 4 is 22.8 Å². The molecule has 0 atom stereocenters. The lowest BCUT2D eigenvalue weighted by molar-refractivity contribution is 0.320. The molecule has 0 radical (unpaired) electrons.